The molecule has 2 rings (SSSR count). The molecule has 1 N–H and O–H groups in total. The normalized spacial score (nSPS) is 11.4. The zero-order valence-corrected chi connectivity index (χ0v) is 16.7. The number of thioether (sulfide) groups is 1. The number of tetrazole rings is 1. The second-order valence-electron chi connectivity index (χ2n) is 7.07. The van der Waals surface area contributed by atoms with Crippen molar-refractivity contribution < 1.29 is 9.59 Å². The van der Waals surface area contributed by atoms with Crippen molar-refractivity contribution in [3.05, 3.63) is 29.3 Å². The van der Waals surface area contributed by atoms with Gasteiger partial charge < -0.3 is 5.32 Å². The third kappa shape index (κ3) is 5.66. The number of aryl methyl sites for hydroxylation is 2. The third-order valence-corrected chi connectivity index (χ3v) is 4.68. The first-order chi connectivity index (χ1) is 12.2. The first-order valence-corrected chi connectivity index (χ1v) is 9.46. The molecule has 0 aliphatic heterocycles. The average molecular weight is 375 g/mol. The summed E-state index contributed by atoms with van der Waals surface area (Å²) in [6.45, 7) is 9.25. The van der Waals surface area contributed by atoms with Crippen molar-refractivity contribution in [2.24, 2.45) is 0 Å². The number of rotatable bonds is 8. The molecule has 0 fully saturated rings. The van der Waals surface area contributed by atoms with Crippen molar-refractivity contribution in [3.63, 3.8) is 0 Å². The molecule has 7 nitrogen and oxygen atoms in total. The fraction of sp³-hybridized carbons (Fsp3) is 0.500. The van der Waals surface area contributed by atoms with Gasteiger partial charge in [0.1, 0.15) is 5.78 Å². The maximum absolute atomic E-state index is 12.1. The molecule has 0 saturated carbocycles. The van der Waals surface area contributed by atoms with E-state index in [1.54, 1.807) is 4.68 Å². The van der Waals surface area contributed by atoms with Gasteiger partial charge in [0.2, 0.25) is 11.1 Å². The number of hydrogen-bond donors (Lipinski definition) is 1. The van der Waals surface area contributed by atoms with Crippen molar-refractivity contribution in [1.82, 2.24) is 25.5 Å². The van der Waals surface area contributed by atoms with Crippen molar-refractivity contribution in [1.29, 1.82) is 0 Å². The summed E-state index contributed by atoms with van der Waals surface area (Å²) >= 11 is 1.43. The highest BCUT2D eigenvalue weighted by Crippen LogP contribution is 2.22. The molecule has 0 unspecified atom stereocenters. The van der Waals surface area contributed by atoms with Crippen LogP contribution in [-0.4, -0.2) is 43.2 Å². The lowest BCUT2D eigenvalue weighted by Crippen LogP contribution is -2.44. The minimum Gasteiger partial charge on any atom is -0.351 e. The number of benzene rings is 1. The number of ketones is 1. The van der Waals surface area contributed by atoms with E-state index in [0.29, 0.717) is 23.8 Å². The number of Topliss-reactive ketones (excluding diaryl/α,β-unsaturated/α-hetero) is 1. The van der Waals surface area contributed by atoms with E-state index in [9.17, 15) is 9.59 Å². The number of carbonyl (C=O) groups is 2. The number of nitrogens with zero attached hydrogens (tertiary/aromatic N) is 4. The molecule has 1 amide bonds. The van der Waals surface area contributed by atoms with Gasteiger partial charge in [-0.15, -0.1) is 5.10 Å². The smallest absolute Gasteiger partial charge is 0.221 e. The summed E-state index contributed by atoms with van der Waals surface area (Å²) in [5, 5.41) is 15.4. The van der Waals surface area contributed by atoms with E-state index in [0.717, 1.165) is 16.8 Å². The van der Waals surface area contributed by atoms with E-state index < -0.39 is 5.54 Å². The summed E-state index contributed by atoms with van der Waals surface area (Å²) in [6, 6.07) is 6.11. The highest BCUT2D eigenvalue weighted by Gasteiger charge is 2.22. The van der Waals surface area contributed by atoms with Gasteiger partial charge in [-0.05, 0) is 62.2 Å². The molecule has 0 atom stereocenters. The van der Waals surface area contributed by atoms with Crippen LogP contribution in [0.5, 0.6) is 0 Å². The lowest BCUT2D eigenvalue weighted by Gasteiger charge is -2.24. The summed E-state index contributed by atoms with van der Waals surface area (Å²) in [7, 11) is 0. The average Bonchev–Trinajstić information content (AvgIpc) is 2.96. The van der Waals surface area contributed by atoms with Crippen LogP contribution in [0.3, 0.4) is 0 Å². The Morgan fingerprint density at radius 1 is 1.27 bits per heavy atom. The van der Waals surface area contributed by atoms with Crippen LogP contribution in [0.1, 0.15) is 44.7 Å². The molecule has 0 spiro atoms. The first kappa shape index (κ1) is 20.1. The van der Waals surface area contributed by atoms with Gasteiger partial charge in [0.25, 0.3) is 0 Å². The number of amides is 1. The van der Waals surface area contributed by atoms with E-state index in [2.05, 4.69) is 20.8 Å². The topological polar surface area (TPSA) is 89.8 Å². The van der Waals surface area contributed by atoms with E-state index in [-0.39, 0.29) is 11.7 Å². The SMILES string of the molecule is CC(=O)CC(C)(C)NC(=O)CCSc1nnnn1-c1cc(C)ccc1C. The van der Waals surface area contributed by atoms with Crippen LogP contribution in [0.15, 0.2) is 23.4 Å². The Kier molecular flexibility index (Phi) is 6.52. The molecule has 0 aliphatic rings. The predicted molar refractivity (Wildman–Crippen MR) is 101 cm³/mol. The van der Waals surface area contributed by atoms with Crippen molar-refractivity contribution >= 4 is 23.5 Å². The summed E-state index contributed by atoms with van der Waals surface area (Å²) < 4.78 is 1.70. The van der Waals surface area contributed by atoms with Crippen LogP contribution in [-0.2, 0) is 9.59 Å². The Hall–Kier alpha value is -2.22. The van der Waals surface area contributed by atoms with Gasteiger partial charge >= 0.3 is 0 Å². The summed E-state index contributed by atoms with van der Waals surface area (Å²) in [6.07, 6.45) is 0.641. The summed E-state index contributed by atoms with van der Waals surface area (Å²) in [5.41, 5.74) is 2.61. The van der Waals surface area contributed by atoms with Crippen LogP contribution in [0.4, 0.5) is 0 Å². The second-order valence-corrected chi connectivity index (χ2v) is 8.13. The quantitative estimate of drug-likeness (QED) is 0.714. The van der Waals surface area contributed by atoms with Gasteiger partial charge in [0.15, 0.2) is 0 Å². The van der Waals surface area contributed by atoms with E-state index in [1.807, 2.05) is 45.9 Å². The molecular formula is C18H25N5O2S. The standard InChI is InChI=1S/C18H25N5O2S/c1-12-6-7-13(2)15(10-12)23-17(20-21-22-23)26-9-8-16(25)19-18(4,5)11-14(3)24/h6-7,10H,8-9,11H2,1-5H3,(H,19,25). The zero-order chi connectivity index (χ0) is 19.3. The Morgan fingerprint density at radius 3 is 2.69 bits per heavy atom. The molecule has 0 saturated heterocycles. The lowest BCUT2D eigenvalue weighted by molar-refractivity contribution is -0.123. The molecular weight excluding hydrogens is 350 g/mol. The van der Waals surface area contributed by atoms with Gasteiger partial charge in [0, 0.05) is 24.1 Å². The minimum absolute atomic E-state index is 0.0531. The molecule has 140 valence electrons. The number of nitrogens with one attached hydrogen (secondary N) is 1. The number of aromatic nitrogens is 4. The van der Waals surface area contributed by atoms with Gasteiger partial charge in [-0.3, -0.25) is 9.59 Å². The van der Waals surface area contributed by atoms with Gasteiger partial charge in [0.05, 0.1) is 5.69 Å². The second kappa shape index (κ2) is 8.44. The maximum Gasteiger partial charge on any atom is 0.221 e. The highest BCUT2D eigenvalue weighted by molar-refractivity contribution is 7.99. The highest BCUT2D eigenvalue weighted by atomic mass is 32.2. The number of carbonyl (C=O) groups excluding carboxylic acids is 2. The van der Waals surface area contributed by atoms with Crippen LogP contribution in [0.25, 0.3) is 5.69 Å². The van der Waals surface area contributed by atoms with Crippen molar-refractivity contribution in [2.45, 2.75) is 58.2 Å². The van der Waals surface area contributed by atoms with Crippen LogP contribution >= 0.6 is 11.8 Å². The minimum atomic E-state index is -0.534. The largest absolute Gasteiger partial charge is 0.351 e. The molecule has 26 heavy (non-hydrogen) atoms. The van der Waals surface area contributed by atoms with Gasteiger partial charge in [-0.1, -0.05) is 23.9 Å². The molecule has 1 aromatic heterocycles. The Morgan fingerprint density at radius 2 is 2.00 bits per heavy atom. The lowest BCUT2D eigenvalue weighted by atomic mass is 9.98. The van der Waals surface area contributed by atoms with Gasteiger partial charge in [-0.25, -0.2) is 0 Å². The molecule has 8 heteroatoms. The Balaban J connectivity index is 1.95. The van der Waals surface area contributed by atoms with E-state index in [1.165, 1.54) is 18.7 Å². The van der Waals surface area contributed by atoms with E-state index >= 15 is 0 Å². The third-order valence-electron chi connectivity index (χ3n) is 3.76. The summed E-state index contributed by atoms with van der Waals surface area (Å²) in [4.78, 5) is 23.4. The molecule has 0 radical (unpaired) electrons. The fourth-order valence-electron chi connectivity index (χ4n) is 2.71. The maximum atomic E-state index is 12.1. The van der Waals surface area contributed by atoms with Crippen molar-refractivity contribution in [2.75, 3.05) is 5.75 Å². The molecule has 1 aromatic carbocycles. The molecule has 1 heterocycles. The fourth-order valence-corrected chi connectivity index (χ4v) is 3.53. The Bertz CT molecular complexity index is 801. The molecule has 0 bridgehead atoms. The van der Waals surface area contributed by atoms with E-state index in [4.69, 9.17) is 0 Å². The number of hydrogen-bond acceptors (Lipinski definition) is 6. The monoisotopic (exact) mass is 375 g/mol. The van der Waals surface area contributed by atoms with Crippen LogP contribution in [0.2, 0.25) is 0 Å². The summed E-state index contributed by atoms with van der Waals surface area (Å²) in [5.74, 6) is 0.514. The molecule has 2 aromatic rings. The first-order valence-electron chi connectivity index (χ1n) is 8.47. The van der Waals surface area contributed by atoms with Crippen LogP contribution in [0, 0.1) is 13.8 Å². The molecule has 0 aliphatic carbocycles. The van der Waals surface area contributed by atoms with Gasteiger partial charge in [-0.2, -0.15) is 4.68 Å². The van der Waals surface area contributed by atoms with Crippen LogP contribution < -0.4 is 5.32 Å². The zero-order valence-electron chi connectivity index (χ0n) is 15.9. The predicted octanol–water partition coefficient (Wildman–Crippen LogP) is 2.64. The Labute approximate surface area is 157 Å². The van der Waals surface area contributed by atoms with Crippen molar-refractivity contribution in [3.8, 4) is 5.69 Å².